The number of hydrogen-bond donors (Lipinski definition) is 2. The van der Waals surface area contributed by atoms with Crippen molar-refractivity contribution in [3.8, 4) is 0 Å². The van der Waals surface area contributed by atoms with Crippen molar-refractivity contribution in [3.63, 3.8) is 0 Å². The molecule has 3 N–H and O–H groups in total. The van der Waals surface area contributed by atoms with Gasteiger partial charge in [-0.15, -0.1) is 0 Å². The van der Waals surface area contributed by atoms with E-state index < -0.39 is 0 Å². The first-order valence-corrected chi connectivity index (χ1v) is 3.39. The van der Waals surface area contributed by atoms with Crippen molar-refractivity contribution in [2.75, 3.05) is 0 Å². The Morgan fingerprint density at radius 2 is 2.22 bits per heavy atom. The lowest BCUT2D eigenvalue weighted by atomic mass is 9.82. The highest BCUT2D eigenvalue weighted by atomic mass is 15.0. The standard InChI is InChI=1S/C7H14N2/c1-5-3-7(4-5)9-6(2)8/h5,7,9H,2-4,8H2,1H3. The smallest absolute Gasteiger partial charge is 0.0888 e. The largest absolute Gasteiger partial charge is 0.386 e. The predicted octanol–water partition coefficient (Wildman–Crippen LogP) is 0.804. The molecule has 0 amide bonds. The predicted molar refractivity (Wildman–Crippen MR) is 38.6 cm³/mol. The van der Waals surface area contributed by atoms with E-state index in [1.165, 1.54) is 12.8 Å². The Balaban J connectivity index is 2.11. The highest BCUT2D eigenvalue weighted by molar-refractivity contribution is 4.92. The molecule has 0 spiro atoms. The molecule has 2 nitrogen and oxygen atoms in total. The van der Waals surface area contributed by atoms with Gasteiger partial charge in [0.2, 0.25) is 0 Å². The molecule has 0 unspecified atom stereocenters. The lowest BCUT2D eigenvalue weighted by molar-refractivity contribution is 0.256. The Morgan fingerprint density at radius 3 is 2.56 bits per heavy atom. The average molecular weight is 126 g/mol. The first-order chi connectivity index (χ1) is 4.18. The highest BCUT2D eigenvalue weighted by Gasteiger charge is 2.24. The summed E-state index contributed by atoms with van der Waals surface area (Å²) in [5, 5.41) is 3.09. The summed E-state index contributed by atoms with van der Waals surface area (Å²) < 4.78 is 0. The van der Waals surface area contributed by atoms with Gasteiger partial charge in [-0.25, -0.2) is 0 Å². The van der Waals surface area contributed by atoms with E-state index in [1.807, 2.05) is 0 Å². The van der Waals surface area contributed by atoms with Gasteiger partial charge in [0.05, 0.1) is 5.82 Å². The average Bonchev–Trinajstić information content (AvgIpc) is 1.60. The first kappa shape index (κ1) is 6.46. The van der Waals surface area contributed by atoms with Crippen LogP contribution in [-0.4, -0.2) is 6.04 Å². The van der Waals surface area contributed by atoms with Gasteiger partial charge >= 0.3 is 0 Å². The number of hydrogen-bond acceptors (Lipinski definition) is 2. The Hall–Kier alpha value is -0.660. The molecule has 9 heavy (non-hydrogen) atoms. The summed E-state index contributed by atoms with van der Waals surface area (Å²) >= 11 is 0. The van der Waals surface area contributed by atoms with Crippen LogP contribution in [0.15, 0.2) is 12.4 Å². The quantitative estimate of drug-likeness (QED) is 0.574. The Labute approximate surface area is 56.1 Å². The van der Waals surface area contributed by atoms with Crippen molar-refractivity contribution in [3.05, 3.63) is 12.4 Å². The van der Waals surface area contributed by atoms with Gasteiger partial charge in [-0.05, 0) is 18.8 Å². The molecule has 0 aromatic carbocycles. The summed E-state index contributed by atoms with van der Waals surface area (Å²) in [6.45, 7) is 5.82. The fourth-order valence-corrected chi connectivity index (χ4v) is 1.28. The van der Waals surface area contributed by atoms with Gasteiger partial charge in [-0.1, -0.05) is 13.5 Å². The molecule has 1 saturated carbocycles. The summed E-state index contributed by atoms with van der Waals surface area (Å²) in [5.74, 6) is 1.48. The van der Waals surface area contributed by atoms with Crippen LogP contribution in [0.1, 0.15) is 19.8 Å². The minimum Gasteiger partial charge on any atom is -0.386 e. The SMILES string of the molecule is C=C(N)NC1CC(C)C1. The Kier molecular flexibility index (Phi) is 1.65. The zero-order valence-electron chi connectivity index (χ0n) is 5.85. The van der Waals surface area contributed by atoms with E-state index in [0.717, 1.165) is 5.92 Å². The zero-order chi connectivity index (χ0) is 6.85. The lowest BCUT2D eigenvalue weighted by Crippen LogP contribution is -2.41. The molecule has 0 bridgehead atoms. The van der Waals surface area contributed by atoms with E-state index in [0.29, 0.717) is 11.9 Å². The van der Waals surface area contributed by atoms with Gasteiger partial charge in [0.25, 0.3) is 0 Å². The number of rotatable bonds is 2. The molecule has 2 heteroatoms. The van der Waals surface area contributed by atoms with E-state index in [2.05, 4.69) is 18.8 Å². The monoisotopic (exact) mass is 126 g/mol. The summed E-state index contributed by atoms with van der Waals surface area (Å²) in [4.78, 5) is 0. The molecule has 1 fully saturated rings. The maximum Gasteiger partial charge on any atom is 0.0888 e. The van der Waals surface area contributed by atoms with Crippen molar-refractivity contribution in [1.82, 2.24) is 5.32 Å². The van der Waals surface area contributed by atoms with Crippen LogP contribution in [0.2, 0.25) is 0 Å². The van der Waals surface area contributed by atoms with Gasteiger partial charge in [-0.3, -0.25) is 0 Å². The summed E-state index contributed by atoms with van der Waals surface area (Å²) in [6, 6.07) is 0.609. The number of nitrogens with two attached hydrogens (primary N) is 1. The second-order valence-electron chi connectivity index (χ2n) is 2.94. The molecule has 1 aliphatic carbocycles. The normalized spacial score (nSPS) is 33.0. The minimum atomic E-state index is 0.604. The Morgan fingerprint density at radius 1 is 1.67 bits per heavy atom. The van der Waals surface area contributed by atoms with Crippen LogP contribution >= 0.6 is 0 Å². The van der Waals surface area contributed by atoms with Gasteiger partial charge in [0.15, 0.2) is 0 Å². The molecule has 0 aromatic heterocycles. The molecule has 0 aliphatic heterocycles. The van der Waals surface area contributed by atoms with E-state index in [4.69, 9.17) is 5.73 Å². The van der Waals surface area contributed by atoms with Gasteiger partial charge in [-0.2, -0.15) is 0 Å². The maximum atomic E-state index is 5.34. The van der Waals surface area contributed by atoms with Crippen LogP contribution in [0.25, 0.3) is 0 Å². The molecule has 0 aromatic rings. The van der Waals surface area contributed by atoms with Gasteiger partial charge in [0, 0.05) is 6.04 Å². The van der Waals surface area contributed by atoms with Crippen LogP contribution in [0, 0.1) is 5.92 Å². The van der Waals surface area contributed by atoms with Crippen molar-refractivity contribution in [2.45, 2.75) is 25.8 Å². The van der Waals surface area contributed by atoms with Crippen LogP contribution < -0.4 is 11.1 Å². The summed E-state index contributed by atoms with van der Waals surface area (Å²) in [6.07, 6.45) is 2.49. The maximum absolute atomic E-state index is 5.34. The fraction of sp³-hybridized carbons (Fsp3) is 0.714. The molecule has 0 heterocycles. The summed E-state index contributed by atoms with van der Waals surface area (Å²) in [7, 11) is 0. The van der Waals surface area contributed by atoms with E-state index >= 15 is 0 Å². The van der Waals surface area contributed by atoms with E-state index in [-0.39, 0.29) is 0 Å². The topological polar surface area (TPSA) is 38.0 Å². The second-order valence-corrected chi connectivity index (χ2v) is 2.94. The third-order valence-electron chi connectivity index (χ3n) is 1.76. The van der Waals surface area contributed by atoms with Crippen LogP contribution in [0.4, 0.5) is 0 Å². The third-order valence-corrected chi connectivity index (χ3v) is 1.76. The van der Waals surface area contributed by atoms with Crippen LogP contribution in [0.5, 0.6) is 0 Å². The molecule has 1 rings (SSSR count). The molecule has 0 radical (unpaired) electrons. The zero-order valence-corrected chi connectivity index (χ0v) is 5.85. The minimum absolute atomic E-state index is 0.604. The molecule has 0 atom stereocenters. The third kappa shape index (κ3) is 1.63. The van der Waals surface area contributed by atoms with Crippen molar-refractivity contribution >= 4 is 0 Å². The van der Waals surface area contributed by atoms with Crippen molar-refractivity contribution < 1.29 is 0 Å². The molecule has 1 aliphatic rings. The lowest BCUT2D eigenvalue weighted by Gasteiger charge is -2.33. The Bertz CT molecular complexity index is 114. The highest BCUT2D eigenvalue weighted by Crippen LogP contribution is 2.26. The van der Waals surface area contributed by atoms with E-state index in [1.54, 1.807) is 0 Å². The molecule has 0 saturated heterocycles. The summed E-state index contributed by atoms with van der Waals surface area (Å²) in [5.41, 5.74) is 5.34. The first-order valence-electron chi connectivity index (χ1n) is 3.39. The van der Waals surface area contributed by atoms with Gasteiger partial charge < -0.3 is 11.1 Å². The van der Waals surface area contributed by atoms with Crippen molar-refractivity contribution in [2.24, 2.45) is 11.7 Å². The molecular weight excluding hydrogens is 112 g/mol. The molecular formula is C7H14N2. The fourth-order valence-electron chi connectivity index (χ4n) is 1.28. The molecule has 52 valence electrons. The second kappa shape index (κ2) is 2.29. The van der Waals surface area contributed by atoms with Gasteiger partial charge in [0.1, 0.15) is 0 Å². The van der Waals surface area contributed by atoms with Crippen LogP contribution in [0.3, 0.4) is 0 Å². The van der Waals surface area contributed by atoms with Crippen LogP contribution in [-0.2, 0) is 0 Å². The number of nitrogens with one attached hydrogen (secondary N) is 1. The van der Waals surface area contributed by atoms with E-state index in [9.17, 15) is 0 Å². The van der Waals surface area contributed by atoms with Crippen molar-refractivity contribution in [1.29, 1.82) is 0 Å².